The molecule has 0 N–H and O–H groups in total. The summed E-state index contributed by atoms with van der Waals surface area (Å²) in [6.07, 6.45) is 2.43. The second-order valence-corrected chi connectivity index (χ2v) is 18.1. The maximum Gasteiger partial charge on any atom is 0.259 e. The number of benzene rings is 4. The smallest absolute Gasteiger partial charge is 0.259 e. The second-order valence-electron chi connectivity index (χ2n) is 17.0. The van der Waals surface area contributed by atoms with Crippen molar-refractivity contribution in [3.05, 3.63) is 106 Å². The lowest BCUT2D eigenvalue weighted by Gasteiger charge is -2.47. The fraction of sp³-hybridized carbons (Fsp3) is 0.381. The first-order chi connectivity index (χ1) is 21.1. The Balaban J connectivity index is 1.49. The molecule has 5 aromatic rings. The van der Waals surface area contributed by atoms with Crippen LogP contribution in [0.1, 0.15) is 109 Å². The van der Waals surface area contributed by atoms with Gasteiger partial charge in [0.25, 0.3) is 6.71 Å². The summed E-state index contributed by atoms with van der Waals surface area (Å²) in [7, 11) is 0. The highest BCUT2D eigenvalue weighted by atomic mass is 32.1. The Labute approximate surface area is 274 Å². The Kier molecular flexibility index (Phi) is 5.93. The van der Waals surface area contributed by atoms with Crippen LogP contribution in [-0.2, 0) is 21.7 Å². The summed E-state index contributed by atoms with van der Waals surface area (Å²) in [5, 5.41) is 1.44. The third-order valence-corrected chi connectivity index (χ3v) is 12.8. The van der Waals surface area contributed by atoms with E-state index in [4.69, 9.17) is 0 Å². The van der Waals surface area contributed by atoms with Crippen LogP contribution < -0.4 is 20.6 Å². The van der Waals surface area contributed by atoms with Gasteiger partial charge in [0.15, 0.2) is 0 Å². The largest absolute Gasteiger partial charge is 0.312 e. The summed E-state index contributed by atoms with van der Waals surface area (Å²) in [6.45, 7) is 24.2. The molecule has 0 saturated heterocycles. The molecule has 45 heavy (non-hydrogen) atoms. The fourth-order valence-corrected chi connectivity index (χ4v) is 10.3. The first-order valence-electron chi connectivity index (χ1n) is 16.9. The van der Waals surface area contributed by atoms with Gasteiger partial charge in [-0.25, -0.2) is 0 Å². The summed E-state index contributed by atoms with van der Waals surface area (Å²) < 4.78 is 2.95. The number of anilines is 3. The molecule has 3 heterocycles. The highest BCUT2D eigenvalue weighted by Crippen LogP contribution is 2.50. The molecule has 0 bridgehead atoms. The molecule has 0 atom stereocenters. The van der Waals surface area contributed by atoms with Crippen molar-refractivity contribution in [3.63, 3.8) is 0 Å². The third-order valence-electron chi connectivity index (χ3n) is 11.6. The van der Waals surface area contributed by atoms with Crippen molar-refractivity contribution in [1.82, 2.24) is 0 Å². The Morgan fingerprint density at radius 2 is 1.40 bits per heavy atom. The van der Waals surface area contributed by atoms with E-state index in [1.807, 2.05) is 11.3 Å². The first-order valence-corrected chi connectivity index (χ1v) is 17.7. The lowest BCUT2D eigenvalue weighted by Crippen LogP contribution is -2.63. The highest BCUT2D eigenvalue weighted by Gasteiger charge is 2.49. The number of hydrogen-bond acceptors (Lipinski definition) is 2. The molecule has 0 fully saturated rings. The molecule has 3 heteroatoms. The fourth-order valence-electron chi connectivity index (χ4n) is 8.80. The predicted octanol–water partition coefficient (Wildman–Crippen LogP) is 9.79. The zero-order valence-corrected chi connectivity index (χ0v) is 29.6. The SMILES string of the molecule is Cc1ccc2sc3c(c2c1)C(C)(C)c1cccc2c1B3c1cc3c(cc1N2c1ccc(C(C)(C)C)cc1)C(C)(C)CCC3(C)C. The van der Waals surface area contributed by atoms with Crippen molar-refractivity contribution >= 4 is 60.9 Å². The van der Waals surface area contributed by atoms with Gasteiger partial charge in [-0.2, -0.15) is 0 Å². The first kappa shape index (κ1) is 29.1. The summed E-state index contributed by atoms with van der Waals surface area (Å²) in [4.78, 5) is 2.60. The Morgan fingerprint density at radius 1 is 0.733 bits per heavy atom. The zero-order valence-electron chi connectivity index (χ0n) is 28.8. The van der Waals surface area contributed by atoms with E-state index >= 15 is 0 Å². The van der Waals surface area contributed by atoms with Crippen molar-refractivity contribution in [1.29, 1.82) is 0 Å². The Morgan fingerprint density at radius 3 is 2.07 bits per heavy atom. The lowest BCUT2D eigenvalue weighted by molar-refractivity contribution is 0.332. The van der Waals surface area contributed by atoms with Gasteiger partial charge in [0.1, 0.15) is 0 Å². The summed E-state index contributed by atoms with van der Waals surface area (Å²) >= 11 is 2.03. The average molecular weight is 608 g/mol. The van der Waals surface area contributed by atoms with Gasteiger partial charge in [0.2, 0.25) is 0 Å². The minimum Gasteiger partial charge on any atom is -0.312 e. The summed E-state index contributed by atoms with van der Waals surface area (Å²) in [6, 6.07) is 28.9. The van der Waals surface area contributed by atoms with Crippen LogP contribution in [-0.4, -0.2) is 6.71 Å². The standard InChI is InChI=1S/C42H46BNS/c1-25-14-19-35-28(22-25)36-38(45-35)43-32-23-30-31(41(7,8)21-20-40(30,5)6)24-34(32)44(27-17-15-26(16-18-27)39(2,3)4)33-13-11-12-29(37(33)43)42(36,9)10/h11-19,22-24H,20-21H2,1-10H3. The van der Waals surface area contributed by atoms with Crippen molar-refractivity contribution in [3.8, 4) is 0 Å². The van der Waals surface area contributed by atoms with Gasteiger partial charge >= 0.3 is 0 Å². The van der Waals surface area contributed by atoms with Crippen LogP contribution in [0.15, 0.2) is 72.8 Å². The molecule has 0 radical (unpaired) electrons. The molecule has 4 aromatic carbocycles. The molecule has 1 aliphatic carbocycles. The quantitative estimate of drug-likeness (QED) is 0.168. The van der Waals surface area contributed by atoms with E-state index in [1.54, 1.807) is 5.56 Å². The number of hydrogen-bond donors (Lipinski definition) is 0. The summed E-state index contributed by atoms with van der Waals surface area (Å²) in [5.41, 5.74) is 16.0. The number of thiophene rings is 1. The Hall–Kier alpha value is -3.30. The molecule has 2 aliphatic heterocycles. The van der Waals surface area contributed by atoms with Gasteiger partial charge in [-0.1, -0.05) is 110 Å². The number of nitrogens with zero attached hydrogens (tertiary/aromatic N) is 1. The van der Waals surface area contributed by atoms with Gasteiger partial charge in [0, 0.05) is 27.2 Å². The van der Waals surface area contributed by atoms with Crippen molar-refractivity contribution < 1.29 is 0 Å². The minimum atomic E-state index is -0.0993. The predicted molar refractivity (Wildman–Crippen MR) is 198 cm³/mol. The molecule has 1 nitrogen and oxygen atoms in total. The number of fused-ring (bicyclic) bond motifs is 7. The van der Waals surface area contributed by atoms with E-state index in [9.17, 15) is 0 Å². The van der Waals surface area contributed by atoms with E-state index in [-0.39, 0.29) is 28.4 Å². The maximum absolute atomic E-state index is 2.66. The van der Waals surface area contributed by atoms with Crippen LogP contribution in [0.3, 0.4) is 0 Å². The molecular formula is C42H46BNS. The third kappa shape index (κ3) is 4.05. The molecule has 0 spiro atoms. The molecule has 0 saturated carbocycles. The van der Waals surface area contributed by atoms with Crippen LogP contribution in [0.5, 0.6) is 0 Å². The second kappa shape index (κ2) is 9.16. The van der Waals surface area contributed by atoms with Gasteiger partial charge in [-0.05, 0) is 115 Å². The van der Waals surface area contributed by atoms with Crippen LogP contribution in [0.2, 0.25) is 0 Å². The van der Waals surface area contributed by atoms with Crippen molar-refractivity contribution in [2.24, 2.45) is 0 Å². The summed E-state index contributed by atoms with van der Waals surface area (Å²) in [5.74, 6) is 0. The molecule has 1 aromatic heterocycles. The van der Waals surface area contributed by atoms with Crippen LogP contribution in [0.4, 0.5) is 17.1 Å². The molecule has 8 rings (SSSR count). The zero-order chi connectivity index (χ0) is 31.8. The van der Waals surface area contributed by atoms with E-state index in [2.05, 4.69) is 147 Å². The van der Waals surface area contributed by atoms with Crippen molar-refractivity contribution in [2.45, 2.75) is 104 Å². The van der Waals surface area contributed by atoms with Gasteiger partial charge in [0.05, 0.1) is 0 Å². The Bertz CT molecular complexity index is 2030. The number of aryl methyl sites for hydroxylation is 1. The van der Waals surface area contributed by atoms with Crippen LogP contribution in [0, 0.1) is 6.92 Å². The monoisotopic (exact) mass is 607 g/mol. The highest BCUT2D eigenvalue weighted by molar-refractivity contribution is 7.32. The van der Waals surface area contributed by atoms with E-state index in [0.717, 1.165) is 0 Å². The maximum atomic E-state index is 2.66. The number of rotatable bonds is 1. The van der Waals surface area contributed by atoms with Gasteiger partial charge < -0.3 is 4.90 Å². The lowest BCUT2D eigenvalue weighted by atomic mass is 9.32. The van der Waals surface area contributed by atoms with Crippen molar-refractivity contribution in [2.75, 3.05) is 4.90 Å². The molecular weight excluding hydrogens is 561 g/mol. The molecule has 0 unspecified atom stereocenters. The molecule has 228 valence electrons. The van der Waals surface area contributed by atoms with Crippen LogP contribution in [0.25, 0.3) is 10.1 Å². The van der Waals surface area contributed by atoms with Crippen LogP contribution >= 0.6 is 11.3 Å². The molecule has 0 amide bonds. The van der Waals surface area contributed by atoms with E-state index in [0.29, 0.717) is 0 Å². The van der Waals surface area contributed by atoms with E-state index in [1.165, 1.54) is 83.5 Å². The molecule has 3 aliphatic rings. The van der Waals surface area contributed by atoms with E-state index < -0.39 is 0 Å². The normalized spacial score (nSPS) is 18.7. The minimum absolute atomic E-state index is 0.0993. The average Bonchev–Trinajstić information content (AvgIpc) is 3.36. The topological polar surface area (TPSA) is 3.24 Å². The van der Waals surface area contributed by atoms with Gasteiger partial charge in [-0.3, -0.25) is 0 Å². The van der Waals surface area contributed by atoms with Gasteiger partial charge in [-0.15, -0.1) is 11.3 Å².